The van der Waals surface area contributed by atoms with Crippen molar-refractivity contribution in [3.05, 3.63) is 28.3 Å². The zero-order valence-electron chi connectivity index (χ0n) is 17.5. The molecule has 0 saturated carbocycles. The average molecular weight is 417 g/mol. The van der Waals surface area contributed by atoms with E-state index in [2.05, 4.69) is 21.4 Å². The zero-order valence-corrected chi connectivity index (χ0v) is 18.3. The molecule has 158 valence electrons. The molecular weight excluding hydrogens is 384 g/mol. The predicted octanol–water partition coefficient (Wildman–Crippen LogP) is 4.02. The number of nitrogens with one attached hydrogen (secondary N) is 3. The molecule has 0 unspecified atom stereocenters. The second-order valence-corrected chi connectivity index (χ2v) is 9.81. The Hall–Kier alpha value is -1.89. The Morgan fingerprint density at radius 1 is 1.03 bits per heavy atom. The van der Waals surface area contributed by atoms with Crippen LogP contribution >= 0.6 is 11.9 Å². The molecule has 29 heavy (non-hydrogen) atoms. The number of benzene rings is 1. The second kappa shape index (κ2) is 8.86. The summed E-state index contributed by atoms with van der Waals surface area (Å²) in [6.07, 6.45) is 8.58. The van der Waals surface area contributed by atoms with Crippen LogP contribution in [-0.4, -0.2) is 41.3 Å². The van der Waals surface area contributed by atoms with Crippen LogP contribution in [-0.2, 0) is 25.7 Å². The summed E-state index contributed by atoms with van der Waals surface area (Å²) in [6.45, 7) is 5.42. The van der Waals surface area contributed by atoms with Gasteiger partial charge in [-0.3, -0.25) is 4.72 Å². The van der Waals surface area contributed by atoms with Crippen LogP contribution in [0, 0.1) is 0 Å². The van der Waals surface area contributed by atoms with Gasteiger partial charge in [-0.05, 0) is 99.4 Å². The van der Waals surface area contributed by atoms with E-state index in [1.165, 1.54) is 47.0 Å². The lowest BCUT2D eigenvalue weighted by molar-refractivity contribution is 0.185. The molecular formula is C22H32N4O2S. The number of nitrogens with zero attached hydrogens (tertiary/aromatic N) is 1. The number of hydrogen-bond donors (Lipinski definition) is 3. The number of amides is 4. The van der Waals surface area contributed by atoms with Crippen molar-refractivity contribution >= 4 is 29.7 Å². The molecule has 0 radical (unpaired) electrons. The zero-order chi connectivity index (χ0) is 20.4. The quantitative estimate of drug-likeness (QED) is 0.649. The van der Waals surface area contributed by atoms with Crippen LogP contribution in [0.2, 0.25) is 0 Å². The molecule has 0 bridgehead atoms. The molecule has 1 saturated heterocycles. The van der Waals surface area contributed by atoms with E-state index in [9.17, 15) is 9.59 Å². The molecule has 0 atom stereocenters. The summed E-state index contributed by atoms with van der Waals surface area (Å²) in [5.41, 5.74) is 6.66. The van der Waals surface area contributed by atoms with Gasteiger partial charge in [0.15, 0.2) is 0 Å². The van der Waals surface area contributed by atoms with Crippen LogP contribution in [0.25, 0.3) is 0 Å². The first-order valence-electron chi connectivity index (χ1n) is 11.0. The predicted molar refractivity (Wildman–Crippen MR) is 119 cm³/mol. The van der Waals surface area contributed by atoms with Crippen LogP contribution < -0.4 is 15.4 Å². The highest BCUT2D eigenvalue weighted by Crippen LogP contribution is 2.38. The van der Waals surface area contributed by atoms with Crippen molar-refractivity contribution in [2.45, 2.75) is 76.5 Å². The van der Waals surface area contributed by atoms with E-state index in [-0.39, 0.29) is 18.1 Å². The third kappa shape index (κ3) is 4.65. The van der Waals surface area contributed by atoms with Crippen LogP contribution in [0.15, 0.2) is 6.07 Å². The number of anilines is 1. The molecule has 7 heteroatoms. The molecule has 1 aromatic rings. The number of carbonyl (C=O) groups excluding carboxylic acids is 2. The van der Waals surface area contributed by atoms with E-state index in [0.29, 0.717) is 5.25 Å². The van der Waals surface area contributed by atoms with Crippen molar-refractivity contribution in [3.8, 4) is 0 Å². The SMILES string of the molecule is CC(C)NC(=O)N1CCC(SNC(=O)Nc2c3c(cc4c2CCC4)CCC3)CC1. The Kier molecular flexibility index (Phi) is 6.23. The van der Waals surface area contributed by atoms with Crippen molar-refractivity contribution in [1.29, 1.82) is 0 Å². The number of likely N-dealkylation sites (tertiary alicyclic amines) is 1. The van der Waals surface area contributed by atoms with Gasteiger partial charge in [-0.25, -0.2) is 9.59 Å². The van der Waals surface area contributed by atoms with Gasteiger partial charge in [-0.1, -0.05) is 6.07 Å². The summed E-state index contributed by atoms with van der Waals surface area (Å²) in [6, 6.07) is 2.43. The molecule has 0 aromatic heterocycles. The minimum atomic E-state index is -0.121. The van der Waals surface area contributed by atoms with Crippen LogP contribution in [0.1, 0.15) is 61.8 Å². The number of hydrogen-bond acceptors (Lipinski definition) is 3. The summed E-state index contributed by atoms with van der Waals surface area (Å²) in [5, 5.41) is 6.48. The number of urea groups is 2. The average Bonchev–Trinajstić information content (AvgIpc) is 3.35. The number of piperidine rings is 1. The summed E-state index contributed by atoms with van der Waals surface area (Å²) in [7, 11) is 0. The van der Waals surface area contributed by atoms with Crippen molar-refractivity contribution in [3.63, 3.8) is 0 Å². The Labute approximate surface area is 177 Å². The lowest BCUT2D eigenvalue weighted by Gasteiger charge is -2.32. The lowest BCUT2D eigenvalue weighted by atomic mass is 9.99. The molecule has 3 aliphatic rings. The number of rotatable bonds is 4. The van der Waals surface area contributed by atoms with Gasteiger partial charge < -0.3 is 15.5 Å². The topological polar surface area (TPSA) is 73.5 Å². The molecule has 0 spiro atoms. The fraction of sp³-hybridized carbons (Fsp3) is 0.636. The molecule has 1 fully saturated rings. The van der Waals surface area contributed by atoms with E-state index < -0.39 is 0 Å². The first-order chi connectivity index (χ1) is 14.0. The van der Waals surface area contributed by atoms with E-state index in [4.69, 9.17) is 0 Å². The molecule has 6 nitrogen and oxygen atoms in total. The number of fused-ring (bicyclic) bond motifs is 2. The third-order valence-electron chi connectivity index (χ3n) is 6.17. The standard InChI is InChI=1S/C22H32N4O2S/c1-14(2)23-22(28)26-11-9-17(10-12-26)29-25-21(27)24-20-18-7-3-5-15(18)13-16-6-4-8-19(16)20/h13-14,17H,3-12H2,1-2H3,(H,23,28)(H2,24,25,27). The fourth-order valence-corrected chi connectivity index (χ4v) is 5.53. The highest BCUT2D eigenvalue weighted by atomic mass is 32.2. The minimum absolute atomic E-state index is 0.0148. The maximum absolute atomic E-state index is 12.6. The van der Waals surface area contributed by atoms with Gasteiger partial charge in [0.05, 0.1) is 0 Å². The van der Waals surface area contributed by atoms with Crippen LogP contribution in [0.4, 0.5) is 15.3 Å². The van der Waals surface area contributed by atoms with Crippen molar-refractivity contribution in [1.82, 2.24) is 14.9 Å². The first-order valence-corrected chi connectivity index (χ1v) is 11.8. The van der Waals surface area contributed by atoms with Crippen molar-refractivity contribution < 1.29 is 9.59 Å². The highest BCUT2D eigenvalue weighted by molar-refractivity contribution is 7.98. The molecule has 4 rings (SSSR count). The van der Waals surface area contributed by atoms with E-state index in [1.807, 2.05) is 18.7 Å². The van der Waals surface area contributed by atoms with Gasteiger partial charge in [-0.2, -0.15) is 0 Å². The fourth-order valence-electron chi connectivity index (χ4n) is 4.76. The highest BCUT2D eigenvalue weighted by Gasteiger charge is 2.26. The van der Waals surface area contributed by atoms with Crippen LogP contribution in [0.5, 0.6) is 0 Å². The van der Waals surface area contributed by atoms with Gasteiger partial charge in [0.25, 0.3) is 0 Å². The van der Waals surface area contributed by atoms with Gasteiger partial charge in [-0.15, -0.1) is 0 Å². The largest absolute Gasteiger partial charge is 0.336 e. The van der Waals surface area contributed by atoms with E-state index in [1.54, 1.807) is 0 Å². The van der Waals surface area contributed by atoms with Gasteiger partial charge in [0, 0.05) is 30.1 Å². The van der Waals surface area contributed by atoms with Gasteiger partial charge in [0.2, 0.25) is 0 Å². The minimum Gasteiger partial charge on any atom is -0.336 e. The number of aryl methyl sites for hydroxylation is 2. The Balaban J connectivity index is 1.28. The first kappa shape index (κ1) is 20.4. The smallest absolute Gasteiger partial charge is 0.329 e. The maximum Gasteiger partial charge on any atom is 0.329 e. The second-order valence-electron chi connectivity index (χ2n) is 8.70. The summed E-state index contributed by atoms with van der Waals surface area (Å²) in [5.74, 6) is 0. The molecule has 1 heterocycles. The summed E-state index contributed by atoms with van der Waals surface area (Å²) < 4.78 is 3.01. The van der Waals surface area contributed by atoms with Gasteiger partial charge >= 0.3 is 12.1 Å². The van der Waals surface area contributed by atoms with Crippen LogP contribution in [0.3, 0.4) is 0 Å². The number of carbonyl (C=O) groups is 2. The molecule has 1 aliphatic heterocycles. The molecule has 2 aliphatic carbocycles. The van der Waals surface area contributed by atoms with Gasteiger partial charge in [0.1, 0.15) is 0 Å². The van der Waals surface area contributed by atoms with E-state index in [0.717, 1.165) is 57.3 Å². The molecule has 4 amide bonds. The Morgan fingerprint density at radius 3 is 2.24 bits per heavy atom. The van der Waals surface area contributed by atoms with Crippen molar-refractivity contribution in [2.24, 2.45) is 0 Å². The lowest BCUT2D eigenvalue weighted by Crippen LogP contribution is -2.47. The normalized spacial score (nSPS) is 18.5. The molecule has 3 N–H and O–H groups in total. The summed E-state index contributed by atoms with van der Waals surface area (Å²) in [4.78, 5) is 26.6. The third-order valence-corrected chi connectivity index (χ3v) is 7.28. The van der Waals surface area contributed by atoms with E-state index >= 15 is 0 Å². The monoisotopic (exact) mass is 416 g/mol. The molecule has 1 aromatic carbocycles. The Morgan fingerprint density at radius 2 is 1.66 bits per heavy atom. The maximum atomic E-state index is 12.6. The summed E-state index contributed by atoms with van der Waals surface area (Å²) >= 11 is 1.50. The Bertz CT molecular complexity index is 755. The van der Waals surface area contributed by atoms with Crippen molar-refractivity contribution in [2.75, 3.05) is 18.4 Å².